The first kappa shape index (κ1) is 15.7. The number of ether oxygens (including phenoxy) is 1. The highest BCUT2D eigenvalue weighted by Gasteiger charge is 2.07. The Labute approximate surface area is 129 Å². The second-order valence-corrected chi connectivity index (χ2v) is 4.87. The first-order chi connectivity index (χ1) is 10.6. The van der Waals surface area contributed by atoms with E-state index < -0.39 is 0 Å². The number of carbonyl (C=O) groups excluding carboxylic acids is 2. The van der Waals surface area contributed by atoms with Gasteiger partial charge in [-0.2, -0.15) is 0 Å². The topological polar surface area (TPSA) is 68.3 Å². The molecule has 2 rings (SSSR count). The van der Waals surface area contributed by atoms with E-state index in [1.54, 1.807) is 31.2 Å². The molecule has 2 aromatic rings. The molecular weight excluding hydrogens is 280 g/mol. The number of amides is 1. The number of aryl methyl sites for hydroxylation is 1. The van der Waals surface area contributed by atoms with E-state index in [-0.39, 0.29) is 18.3 Å². The molecule has 0 fully saturated rings. The summed E-state index contributed by atoms with van der Waals surface area (Å²) in [4.78, 5) is 27.4. The lowest BCUT2D eigenvalue weighted by Gasteiger charge is -2.08. The van der Waals surface area contributed by atoms with E-state index in [4.69, 9.17) is 4.74 Å². The maximum absolute atomic E-state index is 11.7. The number of ketones is 1. The molecule has 5 nitrogen and oxygen atoms in total. The molecular formula is C17H18N2O3. The first-order valence-corrected chi connectivity index (χ1v) is 6.98. The normalized spacial score (nSPS) is 10.1. The summed E-state index contributed by atoms with van der Waals surface area (Å²) < 4.78 is 5.35. The van der Waals surface area contributed by atoms with Crippen LogP contribution in [-0.4, -0.2) is 23.3 Å². The Morgan fingerprint density at radius 2 is 1.86 bits per heavy atom. The van der Waals surface area contributed by atoms with E-state index in [2.05, 4.69) is 10.3 Å². The number of nitrogens with one attached hydrogen (secondary N) is 1. The largest absolute Gasteiger partial charge is 0.484 e. The molecule has 0 bridgehead atoms. The van der Waals surface area contributed by atoms with Crippen molar-refractivity contribution in [2.24, 2.45) is 0 Å². The Balaban J connectivity index is 1.83. The molecule has 0 saturated carbocycles. The fourth-order valence-corrected chi connectivity index (χ4v) is 1.99. The number of pyridine rings is 1. The molecule has 1 N–H and O–H groups in total. The zero-order chi connectivity index (χ0) is 15.9. The van der Waals surface area contributed by atoms with Gasteiger partial charge in [0.1, 0.15) is 5.75 Å². The van der Waals surface area contributed by atoms with Gasteiger partial charge in [-0.15, -0.1) is 0 Å². The van der Waals surface area contributed by atoms with Crippen LogP contribution in [0.2, 0.25) is 0 Å². The van der Waals surface area contributed by atoms with E-state index in [1.807, 2.05) is 18.2 Å². The quantitative estimate of drug-likeness (QED) is 0.831. The summed E-state index contributed by atoms with van der Waals surface area (Å²) in [5, 5.41) is 2.73. The predicted octanol–water partition coefficient (Wildman–Crippen LogP) is 2.29. The molecule has 1 aromatic heterocycles. The Bertz CT molecular complexity index is 669. The van der Waals surface area contributed by atoms with Crippen molar-refractivity contribution < 1.29 is 14.3 Å². The van der Waals surface area contributed by atoms with Gasteiger partial charge in [0.2, 0.25) is 0 Å². The van der Waals surface area contributed by atoms with Crippen molar-refractivity contribution in [1.29, 1.82) is 0 Å². The van der Waals surface area contributed by atoms with E-state index >= 15 is 0 Å². The van der Waals surface area contributed by atoms with Gasteiger partial charge in [-0.25, -0.2) is 0 Å². The lowest BCUT2D eigenvalue weighted by Crippen LogP contribution is -2.28. The first-order valence-electron chi connectivity index (χ1n) is 6.98. The average molecular weight is 298 g/mol. The van der Waals surface area contributed by atoms with Gasteiger partial charge >= 0.3 is 0 Å². The maximum atomic E-state index is 11.7. The molecule has 1 amide bonds. The number of nitrogens with zero attached hydrogens (tertiary/aromatic N) is 1. The molecule has 5 heteroatoms. The van der Waals surface area contributed by atoms with Crippen LogP contribution in [0.5, 0.6) is 5.75 Å². The lowest BCUT2D eigenvalue weighted by atomic mass is 10.1. The standard InChI is InChI=1S/C17H18N2O3/c1-12-16(13(2)20)9-8-14(19-12)10-18-17(21)11-22-15-6-4-3-5-7-15/h3-9H,10-11H2,1-2H3,(H,18,21). The highest BCUT2D eigenvalue weighted by Crippen LogP contribution is 2.09. The number of carbonyl (C=O) groups is 2. The molecule has 22 heavy (non-hydrogen) atoms. The van der Waals surface area contributed by atoms with Gasteiger partial charge in [0.05, 0.1) is 12.2 Å². The number of rotatable bonds is 6. The molecule has 114 valence electrons. The molecule has 1 aromatic carbocycles. The Morgan fingerprint density at radius 3 is 2.50 bits per heavy atom. The number of hydrogen-bond acceptors (Lipinski definition) is 4. The molecule has 0 aliphatic rings. The summed E-state index contributed by atoms with van der Waals surface area (Å²) in [6.45, 7) is 3.54. The van der Waals surface area contributed by atoms with Gasteiger partial charge in [-0.3, -0.25) is 14.6 Å². The van der Waals surface area contributed by atoms with E-state index in [9.17, 15) is 9.59 Å². The van der Waals surface area contributed by atoms with Crippen molar-refractivity contribution in [3.8, 4) is 5.75 Å². The third kappa shape index (κ3) is 4.41. The van der Waals surface area contributed by atoms with Gasteiger partial charge in [0.25, 0.3) is 5.91 Å². The number of para-hydroxylation sites is 1. The van der Waals surface area contributed by atoms with Crippen LogP contribution >= 0.6 is 0 Å². The van der Waals surface area contributed by atoms with Crippen molar-refractivity contribution in [1.82, 2.24) is 10.3 Å². The van der Waals surface area contributed by atoms with Crippen molar-refractivity contribution in [3.63, 3.8) is 0 Å². The van der Waals surface area contributed by atoms with E-state index in [1.165, 1.54) is 6.92 Å². The predicted molar refractivity (Wildman–Crippen MR) is 82.8 cm³/mol. The molecule has 0 radical (unpaired) electrons. The second-order valence-electron chi connectivity index (χ2n) is 4.87. The number of aromatic nitrogens is 1. The Kier molecular flexibility index (Phi) is 5.25. The van der Waals surface area contributed by atoms with Crippen LogP contribution in [0, 0.1) is 6.92 Å². The van der Waals surface area contributed by atoms with E-state index in [0.29, 0.717) is 29.2 Å². The zero-order valence-electron chi connectivity index (χ0n) is 12.6. The average Bonchev–Trinajstić information content (AvgIpc) is 2.51. The van der Waals surface area contributed by atoms with Gasteiger partial charge in [-0.05, 0) is 38.1 Å². The molecule has 0 saturated heterocycles. The summed E-state index contributed by atoms with van der Waals surface area (Å²) in [5.74, 6) is 0.410. The maximum Gasteiger partial charge on any atom is 0.258 e. The Hall–Kier alpha value is -2.69. The van der Waals surface area contributed by atoms with Crippen molar-refractivity contribution in [2.45, 2.75) is 20.4 Å². The molecule has 0 aliphatic carbocycles. The number of hydrogen-bond donors (Lipinski definition) is 1. The lowest BCUT2D eigenvalue weighted by molar-refractivity contribution is -0.123. The summed E-state index contributed by atoms with van der Waals surface area (Å²) in [7, 11) is 0. The third-order valence-electron chi connectivity index (χ3n) is 3.10. The number of Topliss-reactive ketones (excluding diaryl/α,β-unsaturated/α-hetero) is 1. The molecule has 0 atom stereocenters. The Morgan fingerprint density at radius 1 is 1.14 bits per heavy atom. The van der Waals surface area contributed by atoms with Crippen LogP contribution in [0.25, 0.3) is 0 Å². The van der Waals surface area contributed by atoms with E-state index in [0.717, 1.165) is 0 Å². The fraction of sp³-hybridized carbons (Fsp3) is 0.235. The SMILES string of the molecule is CC(=O)c1ccc(CNC(=O)COc2ccccc2)nc1C. The summed E-state index contributed by atoms with van der Waals surface area (Å²) in [5.41, 5.74) is 1.97. The third-order valence-corrected chi connectivity index (χ3v) is 3.10. The van der Waals surface area contributed by atoms with Gasteiger partial charge in [0.15, 0.2) is 12.4 Å². The van der Waals surface area contributed by atoms with Gasteiger partial charge in [-0.1, -0.05) is 18.2 Å². The minimum Gasteiger partial charge on any atom is -0.484 e. The summed E-state index contributed by atoms with van der Waals surface area (Å²) in [6, 6.07) is 12.6. The second kappa shape index (κ2) is 7.36. The molecule has 0 spiro atoms. The van der Waals surface area contributed by atoms with Gasteiger partial charge in [0, 0.05) is 11.3 Å². The van der Waals surface area contributed by atoms with Crippen LogP contribution in [-0.2, 0) is 11.3 Å². The van der Waals surface area contributed by atoms with Gasteiger partial charge < -0.3 is 10.1 Å². The zero-order valence-corrected chi connectivity index (χ0v) is 12.6. The minimum absolute atomic E-state index is 0.0168. The highest BCUT2D eigenvalue weighted by atomic mass is 16.5. The smallest absolute Gasteiger partial charge is 0.258 e. The summed E-state index contributed by atoms with van der Waals surface area (Å²) >= 11 is 0. The molecule has 1 heterocycles. The van der Waals surface area contributed by atoms with Crippen LogP contribution in [0.1, 0.15) is 28.7 Å². The van der Waals surface area contributed by atoms with Crippen LogP contribution < -0.4 is 10.1 Å². The van der Waals surface area contributed by atoms with Crippen molar-refractivity contribution in [2.75, 3.05) is 6.61 Å². The van der Waals surface area contributed by atoms with Crippen molar-refractivity contribution in [3.05, 3.63) is 59.4 Å². The van der Waals surface area contributed by atoms with Crippen LogP contribution in [0.4, 0.5) is 0 Å². The fourth-order valence-electron chi connectivity index (χ4n) is 1.99. The highest BCUT2D eigenvalue weighted by molar-refractivity contribution is 5.95. The van der Waals surface area contributed by atoms with Crippen LogP contribution in [0.3, 0.4) is 0 Å². The summed E-state index contributed by atoms with van der Waals surface area (Å²) in [6.07, 6.45) is 0. The van der Waals surface area contributed by atoms with Crippen molar-refractivity contribution >= 4 is 11.7 Å². The van der Waals surface area contributed by atoms with Crippen LogP contribution in [0.15, 0.2) is 42.5 Å². The minimum atomic E-state index is -0.223. The molecule has 0 unspecified atom stereocenters. The monoisotopic (exact) mass is 298 g/mol. The molecule has 0 aliphatic heterocycles. The number of benzene rings is 1.